The first-order valence-corrected chi connectivity index (χ1v) is 13.4. The third-order valence-corrected chi connectivity index (χ3v) is 7.01. The van der Waals surface area contributed by atoms with Crippen LogP contribution in [0.15, 0.2) is 43.2 Å². The van der Waals surface area contributed by atoms with Crippen LogP contribution < -0.4 is 25.6 Å². The van der Waals surface area contributed by atoms with E-state index >= 15 is 0 Å². The number of nitrogens with zero attached hydrogens (tertiary/aromatic N) is 5. The molecule has 1 aromatic heterocycles. The van der Waals surface area contributed by atoms with Crippen LogP contribution >= 0.6 is 0 Å². The molecule has 1 aliphatic rings. The van der Waals surface area contributed by atoms with E-state index in [4.69, 9.17) is 4.74 Å². The quantitative estimate of drug-likeness (QED) is 0.253. The maximum atomic E-state index is 14.1. The Kier molecular flexibility index (Phi) is 9.22. The van der Waals surface area contributed by atoms with Gasteiger partial charge in [-0.1, -0.05) is 6.58 Å². The van der Waals surface area contributed by atoms with Crippen LogP contribution in [0.2, 0.25) is 0 Å². The topological polar surface area (TPSA) is 128 Å². The molecule has 0 aliphatic carbocycles. The molecule has 1 atom stereocenters. The van der Waals surface area contributed by atoms with Crippen molar-refractivity contribution in [1.29, 1.82) is 0 Å². The minimum Gasteiger partial charge on any atom is -0.494 e. The summed E-state index contributed by atoms with van der Waals surface area (Å²) in [4.78, 5) is 29.4. The average molecular weight is 583 g/mol. The Labute approximate surface area is 243 Å². The Balaban J connectivity index is 1.67. The summed E-state index contributed by atoms with van der Waals surface area (Å²) in [6.45, 7) is 8.07. The minimum atomic E-state index is -1.48. The molecule has 2 heterocycles. The van der Waals surface area contributed by atoms with E-state index in [0.29, 0.717) is 23.2 Å². The van der Waals surface area contributed by atoms with Crippen LogP contribution in [0.1, 0.15) is 32.3 Å². The van der Waals surface area contributed by atoms with Crippen LogP contribution in [-0.4, -0.2) is 71.2 Å². The molecule has 4 rings (SSSR count). The highest BCUT2D eigenvalue weighted by molar-refractivity contribution is 6.02. The fraction of sp³-hybridized carbons (Fsp3) is 0.379. The fourth-order valence-corrected chi connectivity index (χ4v) is 4.79. The number of hydrogen-bond donors (Lipinski definition) is 4. The van der Waals surface area contributed by atoms with Crippen molar-refractivity contribution in [3.8, 4) is 5.75 Å². The van der Waals surface area contributed by atoms with E-state index in [0.717, 1.165) is 43.8 Å². The molecule has 0 bridgehead atoms. The Bertz CT molecular complexity index is 1460. The lowest BCUT2D eigenvalue weighted by Gasteiger charge is -2.38. The lowest BCUT2D eigenvalue weighted by Crippen LogP contribution is -2.45. The van der Waals surface area contributed by atoms with Crippen molar-refractivity contribution in [2.45, 2.75) is 38.3 Å². The second-order valence-corrected chi connectivity index (χ2v) is 10.7. The van der Waals surface area contributed by atoms with Crippen molar-refractivity contribution in [2.24, 2.45) is 0 Å². The number of carbonyl (C=O) groups is 1. The Morgan fingerprint density at radius 2 is 1.79 bits per heavy atom. The van der Waals surface area contributed by atoms with Crippen molar-refractivity contribution < 1.29 is 23.4 Å². The number of carbonyl (C=O) groups excluding carboxylic acids is 1. The summed E-state index contributed by atoms with van der Waals surface area (Å²) in [5.74, 6) is -1.95. The predicted octanol–water partition coefficient (Wildman–Crippen LogP) is 4.53. The molecule has 224 valence electrons. The van der Waals surface area contributed by atoms with Gasteiger partial charge in [-0.25, -0.2) is 18.7 Å². The Morgan fingerprint density at radius 3 is 2.40 bits per heavy atom. The van der Waals surface area contributed by atoms with Crippen LogP contribution in [-0.2, 0) is 10.4 Å². The molecule has 13 heteroatoms. The Hall–Kier alpha value is -4.36. The van der Waals surface area contributed by atoms with Crippen molar-refractivity contribution in [3.05, 3.63) is 60.4 Å². The summed E-state index contributed by atoms with van der Waals surface area (Å²) in [5, 5.41) is 19.3. The number of methoxy groups -OCH3 is 1. The molecule has 0 radical (unpaired) electrons. The van der Waals surface area contributed by atoms with Gasteiger partial charge in [-0.15, -0.1) is 0 Å². The van der Waals surface area contributed by atoms with Crippen molar-refractivity contribution >= 4 is 40.6 Å². The third-order valence-electron chi connectivity index (χ3n) is 7.01. The molecular weight excluding hydrogens is 546 g/mol. The van der Waals surface area contributed by atoms with Crippen molar-refractivity contribution in [2.75, 3.05) is 55.1 Å². The number of amides is 1. The highest BCUT2D eigenvalue weighted by atomic mass is 19.2. The Morgan fingerprint density at radius 1 is 1.12 bits per heavy atom. The third kappa shape index (κ3) is 7.09. The monoisotopic (exact) mass is 582 g/mol. The molecule has 1 fully saturated rings. The maximum absolute atomic E-state index is 14.1. The second kappa shape index (κ2) is 12.7. The highest BCUT2D eigenvalue weighted by Crippen LogP contribution is 2.39. The zero-order valence-corrected chi connectivity index (χ0v) is 24.3. The molecule has 1 unspecified atom stereocenters. The largest absolute Gasteiger partial charge is 0.494 e. The van der Waals surface area contributed by atoms with Gasteiger partial charge in [0.2, 0.25) is 17.8 Å². The van der Waals surface area contributed by atoms with Crippen LogP contribution in [0.3, 0.4) is 0 Å². The number of ether oxygens (including phenoxy) is 1. The van der Waals surface area contributed by atoms with Crippen LogP contribution in [0, 0.1) is 11.6 Å². The average Bonchev–Trinajstić information content (AvgIpc) is 2.94. The van der Waals surface area contributed by atoms with Gasteiger partial charge in [-0.05, 0) is 59.0 Å². The number of nitrogens with one attached hydrogen (secondary N) is 3. The first-order valence-electron chi connectivity index (χ1n) is 13.4. The molecule has 11 nitrogen and oxygen atoms in total. The molecular formula is C29H36F2N8O3. The van der Waals surface area contributed by atoms with E-state index in [9.17, 15) is 18.7 Å². The normalized spacial score (nSPS) is 15.4. The number of benzene rings is 2. The number of hydrogen-bond acceptors (Lipinski definition) is 10. The lowest BCUT2D eigenvalue weighted by molar-refractivity contribution is -0.111. The smallest absolute Gasteiger partial charge is 0.247 e. The highest BCUT2D eigenvalue weighted by Gasteiger charge is 2.26. The van der Waals surface area contributed by atoms with Gasteiger partial charge in [0.05, 0.1) is 35.5 Å². The fourth-order valence-electron chi connectivity index (χ4n) is 4.79. The number of anilines is 6. The number of aromatic nitrogens is 3. The molecule has 0 spiro atoms. The maximum Gasteiger partial charge on any atom is 0.247 e. The SMILES string of the molecule is C=CC(=O)Nc1cc(Nc2ncnc(Nc3cc(F)c(F)cc3C(C)(C)O)n2)c(OC)cc1N1CCCC(N(C)C)C1. The van der Waals surface area contributed by atoms with Gasteiger partial charge < -0.3 is 35.6 Å². The van der Waals surface area contributed by atoms with E-state index < -0.39 is 17.2 Å². The van der Waals surface area contributed by atoms with E-state index in [1.165, 1.54) is 33.4 Å². The molecule has 1 saturated heterocycles. The summed E-state index contributed by atoms with van der Waals surface area (Å²) in [6, 6.07) is 5.78. The summed E-state index contributed by atoms with van der Waals surface area (Å²) in [7, 11) is 5.64. The van der Waals surface area contributed by atoms with Crippen molar-refractivity contribution in [1.82, 2.24) is 19.9 Å². The van der Waals surface area contributed by atoms with Gasteiger partial charge in [0.1, 0.15) is 12.1 Å². The van der Waals surface area contributed by atoms with Gasteiger partial charge in [-0.2, -0.15) is 4.98 Å². The first-order chi connectivity index (χ1) is 19.9. The van der Waals surface area contributed by atoms with E-state index in [2.05, 4.69) is 61.4 Å². The molecule has 2 aromatic carbocycles. The molecule has 42 heavy (non-hydrogen) atoms. The van der Waals surface area contributed by atoms with Crippen molar-refractivity contribution in [3.63, 3.8) is 0 Å². The zero-order chi connectivity index (χ0) is 30.6. The number of halogens is 2. The summed E-state index contributed by atoms with van der Waals surface area (Å²) < 4.78 is 33.7. The number of rotatable bonds is 10. The summed E-state index contributed by atoms with van der Waals surface area (Å²) in [5.41, 5.74) is 0.538. The molecule has 3 aromatic rings. The zero-order valence-electron chi connectivity index (χ0n) is 24.3. The van der Waals surface area contributed by atoms with Crippen LogP contribution in [0.25, 0.3) is 0 Å². The standard InChI is InChI=1S/C29H36F2N8O3/c1-7-26(40)34-22-13-23(25(42-6)14-24(22)39-10-8-9-17(15-39)38(4)5)36-28-33-16-32-27(37-28)35-21-12-20(31)19(30)11-18(21)29(2,3)41/h7,11-14,16-17,41H,1,8-10,15H2,2-6H3,(H,34,40)(H2,32,33,35,36,37). The molecule has 0 saturated carbocycles. The predicted molar refractivity (Wildman–Crippen MR) is 159 cm³/mol. The van der Waals surface area contributed by atoms with Crippen LogP contribution in [0.4, 0.5) is 43.4 Å². The van der Waals surface area contributed by atoms with Gasteiger partial charge in [0.15, 0.2) is 11.6 Å². The van der Waals surface area contributed by atoms with Gasteiger partial charge in [-0.3, -0.25) is 4.79 Å². The van der Waals surface area contributed by atoms with E-state index in [1.807, 2.05) is 6.07 Å². The number of piperidine rings is 1. The summed E-state index contributed by atoms with van der Waals surface area (Å²) >= 11 is 0. The van der Waals surface area contributed by atoms with E-state index in [-0.39, 0.29) is 29.1 Å². The number of likely N-dealkylation sites (N-methyl/N-ethyl adjacent to an activating group) is 1. The molecule has 4 N–H and O–H groups in total. The second-order valence-electron chi connectivity index (χ2n) is 10.7. The van der Waals surface area contributed by atoms with Gasteiger partial charge in [0.25, 0.3) is 0 Å². The lowest BCUT2D eigenvalue weighted by atomic mass is 9.96. The van der Waals surface area contributed by atoms with Gasteiger partial charge >= 0.3 is 0 Å². The molecule has 1 aliphatic heterocycles. The number of aliphatic hydroxyl groups is 1. The summed E-state index contributed by atoms with van der Waals surface area (Å²) in [6.07, 6.45) is 4.50. The minimum absolute atomic E-state index is 0.0165. The van der Waals surface area contributed by atoms with Crippen LogP contribution in [0.5, 0.6) is 5.75 Å². The van der Waals surface area contributed by atoms with Gasteiger partial charge in [0, 0.05) is 36.8 Å². The molecule has 1 amide bonds. The van der Waals surface area contributed by atoms with E-state index in [1.54, 1.807) is 6.07 Å². The first kappa shape index (κ1) is 30.6.